The van der Waals surface area contributed by atoms with Crippen LogP contribution >= 0.6 is 0 Å². The van der Waals surface area contributed by atoms with Gasteiger partial charge in [0, 0.05) is 25.2 Å². The predicted molar refractivity (Wildman–Crippen MR) is 115 cm³/mol. The van der Waals surface area contributed by atoms with Crippen molar-refractivity contribution in [1.29, 1.82) is 5.26 Å². The van der Waals surface area contributed by atoms with E-state index in [0.717, 1.165) is 18.1 Å². The van der Waals surface area contributed by atoms with Crippen LogP contribution in [0, 0.1) is 16.7 Å². The van der Waals surface area contributed by atoms with Crippen molar-refractivity contribution in [2.45, 2.75) is 33.2 Å². The van der Waals surface area contributed by atoms with Crippen molar-refractivity contribution in [3.63, 3.8) is 0 Å². The Kier molecular flexibility index (Phi) is 5.16. The molecule has 1 N–H and O–H groups in total. The van der Waals surface area contributed by atoms with Crippen LogP contribution in [-0.2, 0) is 6.54 Å². The van der Waals surface area contributed by atoms with Gasteiger partial charge in [0.25, 0.3) is 5.92 Å². The summed E-state index contributed by atoms with van der Waals surface area (Å²) in [6, 6.07) is 9.40. The second-order valence-electron chi connectivity index (χ2n) is 8.34. The molecular weight excluding hydrogens is 418 g/mol. The first-order chi connectivity index (χ1) is 15.1. The summed E-state index contributed by atoms with van der Waals surface area (Å²) < 4.78 is 35.4. The SMILES string of the molecule is COc1nc(NCC(C)(C)C#N)nn2ccc(-c3ccc4nnn(CC(C)(F)F)c4c3)c12. The maximum Gasteiger partial charge on any atom is 0.264 e. The lowest BCUT2D eigenvalue weighted by Gasteiger charge is -2.16. The molecule has 0 spiro atoms. The fourth-order valence-electron chi connectivity index (χ4n) is 3.29. The Balaban J connectivity index is 1.76. The Bertz CT molecular complexity index is 1330. The van der Waals surface area contributed by atoms with Crippen LogP contribution in [-0.4, -0.2) is 49.2 Å². The number of halogens is 2. The fraction of sp³-hybridized carbons (Fsp3) is 0.381. The molecule has 4 aromatic rings. The van der Waals surface area contributed by atoms with Gasteiger partial charge in [-0.3, -0.25) is 0 Å². The van der Waals surface area contributed by atoms with Crippen LogP contribution in [0.2, 0.25) is 0 Å². The third-order valence-electron chi connectivity index (χ3n) is 4.92. The Morgan fingerprint density at radius 2 is 2.00 bits per heavy atom. The number of benzene rings is 1. The summed E-state index contributed by atoms with van der Waals surface area (Å²) in [7, 11) is 1.51. The number of methoxy groups -OCH3 is 1. The molecule has 11 heteroatoms. The van der Waals surface area contributed by atoms with Crippen molar-refractivity contribution < 1.29 is 13.5 Å². The van der Waals surface area contributed by atoms with Crippen LogP contribution in [0.3, 0.4) is 0 Å². The summed E-state index contributed by atoms with van der Waals surface area (Å²) in [4.78, 5) is 4.43. The van der Waals surface area contributed by atoms with E-state index in [1.165, 1.54) is 11.8 Å². The van der Waals surface area contributed by atoms with Crippen LogP contribution in [0.4, 0.5) is 14.7 Å². The topological polar surface area (TPSA) is 106 Å². The molecule has 0 unspecified atom stereocenters. The molecule has 4 rings (SSSR count). The number of nitriles is 1. The van der Waals surface area contributed by atoms with E-state index in [-0.39, 0.29) is 0 Å². The van der Waals surface area contributed by atoms with E-state index in [1.807, 2.05) is 26.0 Å². The van der Waals surface area contributed by atoms with Gasteiger partial charge >= 0.3 is 0 Å². The second-order valence-corrected chi connectivity index (χ2v) is 8.34. The van der Waals surface area contributed by atoms with E-state index < -0.39 is 17.9 Å². The van der Waals surface area contributed by atoms with Gasteiger partial charge in [0.05, 0.1) is 24.1 Å². The van der Waals surface area contributed by atoms with E-state index in [4.69, 9.17) is 4.74 Å². The first kappa shape index (κ1) is 21.4. The summed E-state index contributed by atoms with van der Waals surface area (Å²) in [6.07, 6.45) is 1.76. The van der Waals surface area contributed by atoms with Gasteiger partial charge in [0.2, 0.25) is 11.8 Å². The van der Waals surface area contributed by atoms with Crippen LogP contribution in [0.15, 0.2) is 30.5 Å². The first-order valence-electron chi connectivity index (χ1n) is 9.90. The van der Waals surface area contributed by atoms with Crippen molar-refractivity contribution >= 4 is 22.5 Å². The number of hydrogen-bond donors (Lipinski definition) is 1. The number of alkyl halides is 2. The molecule has 0 aliphatic rings. The molecule has 0 radical (unpaired) electrons. The zero-order chi connectivity index (χ0) is 23.1. The minimum absolute atomic E-state index is 0.322. The molecule has 0 atom stereocenters. The molecule has 166 valence electrons. The zero-order valence-corrected chi connectivity index (χ0v) is 18.1. The molecule has 0 amide bonds. The molecule has 0 fully saturated rings. The largest absolute Gasteiger partial charge is 0.479 e. The molecule has 0 aliphatic carbocycles. The molecule has 0 saturated carbocycles. The van der Waals surface area contributed by atoms with Crippen molar-refractivity contribution in [3.8, 4) is 23.1 Å². The molecule has 0 aliphatic heterocycles. The van der Waals surface area contributed by atoms with Crippen LogP contribution < -0.4 is 10.1 Å². The minimum Gasteiger partial charge on any atom is -0.479 e. The summed E-state index contributed by atoms with van der Waals surface area (Å²) in [5, 5.41) is 24.6. The highest BCUT2D eigenvalue weighted by atomic mass is 19.3. The van der Waals surface area contributed by atoms with Gasteiger partial charge in [-0.15, -0.1) is 10.2 Å². The van der Waals surface area contributed by atoms with E-state index in [2.05, 4.69) is 31.8 Å². The van der Waals surface area contributed by atoms with Gasteiger partial charge in [-0.05, 0) is 37.6 Å². The molecular formula is C21H22F2N8O. The lowest BCUT2D eigenvalue weighted by Crippen LogP contribution is -2.22. The van der Waals surface area contributed by atoms with Crippen molar-refractivity contribution in [2.75, 3.05) is 19.0 Å². The number of nitrogens with one attached hydrogen (secondary N) is 1. The highest BCUT2D eigenvalue weighted by Crippen LogP contribution is 2.33. The van der Waals surface area contributed by atoms with Crippen molar-refractivity contribution in [1.82, 2.24) is 29.6 Å². The number of nitrogens with zero attached hydrogens (tertiary/aromatic N) is 7. The molecule has 1 aromatic carbocycles. The van der Waals surface area contributed by atoms with Crippen molar-refractivity contribution in [2.24, 2.45) is 5.41 Å². The third kappa shape index (κ3) is 4.16. The quantitative estimate of drug-likeness (QED) is 0.466. The van der Waals surface area contributed by atoms with Gasteiger partial charge in [-0.25, -0.2) is 18.0 Å². The maximum absolute atomic E-state index is 13.5. The number of hydrogen-bond acceptors (Lipinski definition) is 7. The van der Waals surface area contributed by atoms with E-state index in [0.29, 0.717) is 34.9 Å². The van der Waals surface area contributed by atoms with Gasteiger partial charge in [0.15, 0.2) is 0 Å². The molecule has 32 heavy (non-hydrogen) atoms. The molecule has 3 heterocycles. The molecule has 9 nitrogen and oxygen atoms in total. The summed E-state index contributed by atoms with van der Waals surface area (Å²) in [5.41, 5.74) is 2.59. The number of fused-ring (bicyclic) bond motifs is 2. The number of ether oxygens (including phenoxy) is 1. The average molecular weight is 440 g/mol. The zero-order valence-electron chi connectivity index (χ0n) is 18.1. The fourth-order valence-corrected chi connectivity index (χ4v) is 3.29. The summed E-state index contributed by atoms with van der Waals surface area (Å²) >= 11 is 0. The van der Waals surface area contributed by atoms with Gasteiger partial charge < -0.3 is 10.1 Å². The number of aromatic nitrogens is 6. The Morgan fingerprint density at radius 1 is 1.22 bits per heavy atom. The van der Waals surface area contributed by atoms with Gasteiger partial charge in [-0.1, -0.05) is 11.3 Å². The summed E-state index contributed by atoms with van der Waals surface area (Å²) in [5.74, 6) is -2.26. The van der Waals surface area contributed by atoms with Gasteiger partial charge in [-0.2, -0.15) is 10.2 Å². The summed E-state index contributed by atoms with van der Waals surface area (Å²) in [6.45, 7) is 4.27. The van der Waals surface area contributed by atoms with Gasteiger partial charge in [0.1, 0.15) is 17.6 Å². The number of rotatable bonds is 7. The maximum atomic E-state index is 13.5. The van der Waals surface area contributed by atoms with E-state index in [9.17, 15) is 14.0 Å². The monoisotopic (exact) mass is 440 g/mol. The Hall–Kier alpha value is -3.81. The van der Waals surface area contributed by atoms with E-state index in [1.54, 1.807) is 22.8 Å². The third-order valence-corrected chi connectivity index (χ3v) is 4.92. The van der Waals surface area contributed by atoms with E-state index >= 15 is 0 Å². The normalized spacial score (nSPS) is 12.3. The van der Waals surface area contributed by atoms with Crippen LogP contribution in [0.1, 0.15) is 20.8 Å². The first-order valence-corrected chi connectivity index (χ1v) is 9.90. The molecule has 3 aromatic heterocycles. The lowest BCUT2D eigenvalue weighted by atomic mass is 9.96. The minimum atomic E-state index is -2.92. The molecule has 0 bridgehead atoms. The van der Waals surface area contributed by atoms with Crippen molar-refractivity contribution in [3.05, 3.63) is 30.5 Å². The standard InChI is InChI=1S/C21H22F2N8O/c1-20(2,10-24)11-25-19-26-18(32-4)17-14(7-8-30(17)28-19)13-5-6-15-16(9-13)31(29-27-15)12-21(3,22)23/h5-9H,11-12H2,1-4H3,(H,25,28). The Labute approximate surface area is 182 Å². The Morgan fingerprint density at radius 3 is 2.69 bits per heavy atom. The smallest absolute Gasteiger partial charge is 0.264 e. The van der Waals surface area contributed by atoms with Crippen LogP contribution in [0.5, 0.6) is 5.88 Å². The van der Waals surface area contributed by atoms with Crippen LogP contribution in [0.25, 0.3) is 27.7 Å². The highest BCUT2D eigenvalue weighted by molar-refractivity contribution is 5.89. The molecule has 0 saturated heterocycles. The lowest BCUT2D eigenvalue weighted by molar-refractivity contribution is 0.00130. The number of anilines is 1. The highest BCUT2D eigenvalue weighted by Gasteiger charge is 2.24. The second kappa shape index (κ2) is 7.71. The average Bonchev–Trinajstić information content (AvgIpc) is 3.34. The predicted octanol–water partition coefficient (Wildman–Crippen LogP) is 3.77.